The number of halogens is 8. The van der Waals surface area contributed by atoms with E-state index in [2.05, 4.69) is 5.73 Å². The summed E-state index contributed by atoms with van der Waals surface area (Å²) in [5.41, 5.74) is 3.39. The van der Waals surface area contributed by atoms with E-state index in [4.69, 9.17) is 0 Å². The molecule has 13 heavy (non-hydrogen) atoms. The average molecular weight is 217 g/mol. The van der Waals surface area contributed by atoms with Crippen LogP contribution in [0.25, 0.3) is 0 Å². The minimum absolute atomic E-state index is 3.39. The zero-order valence-corrected chi connectivity index (χ0v) is 5.68. The highest BCUT2D eigenvalue weighted by Crippen LogP contribution is 2.41. The van der Waals surface area contributed by atoms with Crippen LogP contribution in [0, 0.1) is 0 Å². The molecule has 0 fully saturated rings. The Morgan fingerprint density at radius 1 is 0.846 bits per heavy atom. The van der Waals surface area contributed by atoms with E-state index in [0.29, 0.717) is 0 Å². The fourth-order valence-corrected chi connectivity index (χ4v) is 0.375. The molecule has 0 aromatic heterocycles. The summed E-state index contributed by atoms with van der Waals surface area (Å²) in [6.07, 6.45) is -11.1. The maximum absolute atomic E-state index is 11.9. The monoisotopic (exact) mass is 217 g/mol. The number of hydrogen-bond donors (Lipinski definition) is 1. The fourth-order valence-electron chi connectivity index (χ4n) is 0.375. The summed E-state index contributed by atoms with van der Waals surface area (Å²) in [6, 6.07) is -5.55. The van der Waals surface area contributed by atoms with E-state index in [-0.39, 0.29) is 0 Å². The summed E-state index contributed by atoms with van der Waals surface area (Å²) < 4.78 is 92.3. The Bertz CT molecular complexity index is 178. The molecule has 0 saturated heterocycles. The Hall–Kier alpha value is -0.600. The first kappa shape index (κ1) is 12.4. The summed E-state index contributed by atoms with van der Waals surface area (Å²) >= 11 is 0. The van der Waals surface area contributed by atoms with Crippen LogP contribution in [0.4, 0.5) is 35.1 Å². The number of hydrogen-bond acceptors (Lipinski definition) is 1. The fraction of sp³-hybridized carbons (Fsp3) is 1.00. The van der Waals surface area contributed by atoms with Crippen LogP contribution in [-0.4, -0.2) is 24.3 Å². The number of nitrogens with two attached hydrogens (primary N) is 1. The van der Waals surface area contributed by atoms with Crippen molar-refractivity contribution in [3.63, 3.8) is 0 Å². The third-order valence-corrected chi connectivity index (χ3v) is 1.05. The van der Waals surface area contributed by atoms with Gasteiger partial charge in [0.15, 0.2) is 0 Å². The zero-order valence-electron chi connectivity index (χ0n) is 5.68. The van der Waals surface area contributed by atoms with Crippen LogP contribution in [0.3, 0.4) is 0 Å². The Morgan fingerprint density at radius 2 is 1.15 bits per heavy atom. The van der Waals surface area contributed by atoms with Crippen LogP contribution >= 0.6 is 0 Å². The van der Waals surface area contributed by atoms with E-state index >= 15 is 0 Å². The van der Waals surface area contributed by atoms with E-state index in [1.165, 1.54) is 0 Å². The number of rotatable bonds is 2. The molecule has 2 N–H and O–H groups in total. The van der Waals surface area contributed by atoms with Gasteiger partial charge in [0.1, 0.15) is 0 Å². The number of alkyl halides is 8. The Labute approximate surface area is 66.5 Å². The van der Waals surface area contributed by atoms with E-state index in [9.17, 15) is 35.1 Å². The molecular formula is C4H3F8N. The first-order valence-corrected chi connectivity index (χ1v) is 2.66. The molecule has 0 heterocycles. The van der Waals surface area contributed by atoms with Gasteiger partial charge < -0.3 is 0 Å². The summed E-state index contributed by atoms with van der Waals surface area (Å²) in [5.74, 6) is -5.97. The minimum Gasteiger partial charge on any atom is -0.267 e. The highest BCUT2D eigenvalue weighted by atomic mass is 19.4. The lowest BCUT2D eigenvalue weighted by molar-refractivity contribution is -0.304. The smallest absolute Gasteiger partial charge is 0.267 e. The molecule has 0 aliphatic heterocycles. The third-order valence-electron chi connectivity index (χ3n) is 1.05. The molecule has 0 amide bonds. The molecule has 0 radical (unpaired) electrons. The van der Waals surface area contributed by atoms with Crippen LogP contribution in [-0.2, 0) is 0 Å². The SMILES string of the molecule is NC(F)(F)C(F)(F)C(F)C(F)(F)F. The van der Waals surface area contributed by atoms with E-state index in [1.54, 1.807) is 0 Å². The first-order valence-electron chi connectivity index (χ1n) is 2.66. The van der Waals surface area contributed by atoms with Crippen molar-refractivity contribution in [2.24, 2.45) is 5.73 Å². The van der Waals surface area contributed by atoms with Crippen LogP contribution in [0.2, 0.25) is 0 Å². The Kier molecular flexibility index (Phi) is 2.83. The first-order chi connectivity index (χ1) is 5.40. The molecule has 1 unspecified atom stereocenters. The third kappa shape index (κ3) is 2.42. The van der Waals surface area contributed by atoms with Crippen LogP contribution in [0.5, 0.6) is 0 Å². The van der Waals surface area contributed by atoms with Gasteiger partial charge in [-0.15, -0.1) is 0 Å². The predicted molar refractivity (Wildman–Crippen MR) is 25.0 cm³/mol. The van der Waals surface area contributed by atoms with Crippen molar-refractivity contribution in [1.29, 1.82) is 0 Å². The highest BCUT2D eigenvalue weighted by molar-refractivity contribution is 4.90. The highest BCUT2D eigenvalue weighted by Gasteiger charge is 2.68. The molecule has 1 nitrogen and oxygen atoms in total. The minimum atomic E-state index is -6.08. The zero-order chi connectivity index (χ0) is 11.1. The lowest BCUT2D eigenvalue weighted by Gasteiger charge is -2.26. The second-order valence-corrected chi connectivity index (χ2v) is 2.15. The van der Waals surface area contributed by atoms with Crippen molar-refractivity contribution in [2.75, 3.05) is 0 Å². The predicted octanol–water partition coefficient (Wildman–Crippen LogP) is 2.07. The van der Waals surface area contributed by atoms with Crippen molar-refractivity contribution in [1.82, 2.24) is 0 Å². The maximum Gasteiger partial charge on any atom is 0.426 e. The summed E-state index contributed by atoms with van der Waals surface area (Å²) in [5, 5.41) is 0. The van der Waals surface area contributed by atoms with Gasteiger partial charge in [-0.3, -0.25) is 5.73 Å². The molecule has 0 saturated carbocycles. The molecular weight excluding hydrogens is 214 g/mol. The van der Waals surface area contributed by atoms with Gasteiger partial charge in [0.05, 0.1) is 0 Å². The summed E-state index contributed by atoms with van der Waals surface area (Å²) in [6.45, 7) is 0. The summed E-state index contributed by atoms with van der Waals surface area (Å²) in [7, 11) is 0. The molecule has 0 rings (SSSR count). The molecule has 0 bridgehead atoms. The van der Waals surface area contributed by atoms with Gasteiger partial charge in [0.25, 0.3) is 6.17 Å². The molecule has 0 aliphatic rings. The van der Waals surface area contributed by atoms with Gasteiger partial charge in [-0.25, -0.2) is 4.39 Å². The van der Waals surface area contributed by atoms with E-state index < -0.39 is 24.3 Å². The van der Waals surface area contributed by atoms with Crippen molar-refractivity contribution in [3.8, 4) is 0 Å². The van der Waals surface area contributed by atoms with Gasteiger partial charge in [-0.05, 0) is 0 Å². The molecule has 1 atom stereocenters. The van der Waals surface area contributed by atoms with Gasteiger partial charge in [-0.1, -0.05) is 0 Å². The van der Waals surface area contributed by atoms with Crippen molar-refractivity contribution in [3.05, 3.63) is 0 Å². The van der Waals surface area contributed by atoms with E-state index in [1.807, 2.05) is 0 Å². The van der Waals surface area contributed by atoms with Gasteiger partial charge in [-0.2, -0.15) is 30.7 Å². The molecule has 0 aliphatic carbocycles. The van der Waals surface area contributed by atoms with Crippen molar-refractivity contribution in [2.45, 2.75) is 24.3 Å². The molecule has 80 valence electrons. The molecule has 0 aromatic rings. The second-order valence-electron chi connectivity index (χ2n) is 2.15. The molecule has 9 heteroatoms. The van der Waals surface area contributed by atoms with E-state index in [0.717, 1.165) is 0 Å². The van der Waals surface area contributed by atoms with Crippen molar-refractivity contribution >= 4 is 0 Å². The Morgan fingerprint density at radius 3 is 1.23 bits per heavy atom. The van der Waals surface area contributed by atoms with Crippen LogP contribution < -0.4 is 5.73 Å². The quantitative estimate of drug-likeness (QED) is 0.556. The second kappa shape index (κ2) is 2.96. The van der Waals surface area contributed by atoms with Crippen LogP contribution in [0.1, 0.15) is 0 Å². The van der Waals surface area contributed by atoms with Gasteiger partial charge in [0.2, 0.25) is 0 Å². The van der Waals surface area contributed by atoms with Gasteiger partial charge in [0, 0.05) is 0 Å². The lowest BCUT2D eigenvalue weighted by atomic mass is 10.1. The normalized spacial score (nSPS) is 17.3. The Balaban J connectivity index is 4.86. The largest absolute Gasteiger partial charge is 0.426 e. The van der Waals surface area contributed by atoms with Crippen LogP contribution in [0.15, 0.2) is 0 Å². The lowest BCUT2D eigenvalue weighted by Crippen LogP contribution is -2.58. The molecule has 0 spiro atoms. The maximum atomic E-state index is 11.9. The molecule has 0 aromatic carbocycles. The van der Waals surface area contributed by atoms with Gasteiger partial charge >= 0.3 is 18.1 Å². The topological polar surface area (TPSA) is 26.0 Å². The average Bonchev–Trinajstić information content (AvgIpc) is 1.81. The summed E-state index contributed by atoms with van der Waals surface area (Å²) in [4.78, 5) is 0. The van der Waals surface area contributed by atoms with Crippen molar-refractivity contribution < 1.29 is 35.1 Å². The standard InChI is InChI=1S/C4H3F8N/c5-1(3(8,9)10)2(6,7)4(11,12)13/h1H,13H2.